The number of ether oxygens (including phenoxy) is 2. The number of imide groups is 1. The van der Waals surface area contributed by atoms with E-state index in [1.54, 1.807) is 31.4 Å². The first-order valence-electron chi connectivity index (χ1n) is 10.2. The minimum atomic E-state index is -0.840. The van der Waals surface area contributed by atoms with Crippen LogP contribution in [0.2, 0.25) is 0 Å². The lowest BCUT2D eigenvalue weighted by molar-refractivity contribution is -0.134. The highest BCUT2D eigenvalue weighted by atomic mass is 16.5. The summed E-state index contributed by atoms with van der Waals surface area (Å²) < 4.78 is 10.6. The lowest BCUT2D eigenvalue weighted by Crippen LogP contribution is -2.51. The first kappa shape index (κ1) is 20.9. The Labute approximate surface area is 180 Å². The van der Waals surface area contributed by atoms with Crippen LogP contribution in [0.5, 0.6) is 5.75 Å². The Morgan fingerprint density at radius 1 is 1.13 bits per heavy atom. The van der Waals surface area contributed by atoms with Gasteiger partial charge in [0, 0.05) is 43.7 Å². The van der Waals surface area contributed by atoms with E-state index in [1.165, 1.54) is 4.90 Å². The summed E-state index contributed by atoms with van der Waals surface area (Å²) in [6.07, 6.45) is 0.971. The van der Waals surface area contributed by atoms with E-state index in [-0.39, 0.29) is 24.4 Å². The van der Waals surface area contributed by atoms with E-state index in [1.807, 2.05) is 24.3 Å². The Kier molecular flexibility index (Phi) is 5.90. The quantitative estimate of drug-likeness (QED) is 0.695. The summed E-state index contributed by atoms with van der Waals surface area (Å²) in [7, 11) is 1.59. The molecule has 0 atom stereocenters. The van der Waals surface area contributed by atoms with E-state index in [4.69, 9.17) is 9.47 Å². The maximum absolute atomic E-state index is 12.9. The molecule has 2 aromatic rings. The minimum absolute atomic E-state index is 0.163. The summed E-state index contributed by atoms with van der Waals surface area (Å²) in [6, 6.07) is 14.0. The number of urea groups is 1. The zero-order valence-electron chi connectivity index (χ0n) is 17.3. The van der Waals surface area contributed by atoms with Crippen LogP contribution < -0.4 is 15.4 Å². The molecule has 4 amide bonds. The van der Waals surface area contributed by atoms with Gasteiger partial charge in [0.2, 0.25) is 0 Å². The fourth-order valence-electron chi connectivity index (χ4n) is 3.95. The second kappa shape index (κ2) is 8.77. The smallest absolute Gasteiger partial charge is 0.325 e. The van der Waals surface area contributed by atoms with Gasteiger partial charge in [-0.2, -0.15) is 0 Å². The predicted molar refractivity (Wildman–Crippen MR) is 112 cm³/mol. The van der Waals surface area contributed by atoms with Gasteiger partial charge >= 0.3 is 6.03 Å². The second-order valence-corrected chi connectivity index (χ2v) is 7.71. The fraction of sp³-hybridized carbons (Fsp3) is 0.348. The molecule has 8 heteroatoms. The molecule has 2 heterocycles. The molecule has 0 unspecified atom stereocenters. The molecule has 2 N–H and O–H groups in total. The molecule has 8 nitrogen and oxygen atoms in total. The highest BCUT2D eigenvalue weighted by molar-refractivity contribution is 6.07. The molecule has 0 radical (unpaired) electrons. The summed E-state index contributed by atoms with van der Waals surface area (Å²) in [4.78, 5) is 39.0. The van der Waals surface area contributed by atoms with Crippen molar-refractivity contribution in [2.75, 3.05) is 20.3 Å². The van der Waals surface area contributed by atoms with E-state index in [0.717, 1.165) is 11.1 Å². The van der Waals surface area contributed by atoms with Crippen molar-refractivity contribution in [1.82, 2.24) is 15.5 Å². The average molecular weight is 423 g/mol. The third kappa shape index (κ3) is 4.25. The van der Waals surface area contributed by atoms with Crippen LogP contribution in [-0.4, -0.2) is 48.6 Å². The summed E-state index contributed by atoms with van der Waals surface area (Å²) in [5.74, 6) is 0.294. The molecule has 2 aliphatic rings. The number of amides is 4. The molecule has 0 saturated carbocycles. The highest BCUT2D eigenvalue weighted by Gasteiger charge is 2.51. The van der Waals surface area contributed by atoms with Crippen molar-refractivity contribution in [2.45, 2.75) is 31.5 Å². The molecule has 2 saturated heterocycles. The van der Waals surface area contributed by atoms with Gasteiger partial charge in [-0.05, 0) is 23.8 Å². The molecule has 2 aromatic carbocycles. The van der Waals surface area contributed by atoms with Gasteiger partial charge in [-0.15, -0.1) is 0 Å². The number of nitrogens with zero attached hydrogens (tertiary/aromatic N) is 1. The second-order valence-electron chi connectivity index (χ2n) is 7.71. The summed E-state index contributed by atoms with van der Waals surface area (Å²) >= 11 is 0. The van der Waals surface area contributed by atoms with E-state index in [2.05, 4.69) is 10.6 Å². The number of hydrogen-bond donors (Lipinski definition) is 2. The van der Waals surface area contributed by atoms with Crippen LogP contribution in [0, 0.1) is 0 Å². The Morgan fingerprint density at radius 3 is 2.55 bits per heavy atom. The third-order valence-electron chi connectivity index (χ3n) is 5.78. The standard InChI is InChI=1S/C23H25N3O5/c1-30-19-5-3-2-4-18(19)14-24-20(27)17-8-6-16(7-9-17)15-26-21(28)23(25-22(26)29)10-12-31-13-11-23/h2-9H,10-15H2,1H3,(H,24,27)(H,25,29). The SMILES string of the molecule is COc1ccccc1CNC(=O)c1ccc(CN2C(=O)NC3(CCOCC3)C2=O)cc1. The van der Waals surface area contributed by atoms with Crippen LogP contribution in [0.15, 0.2) is 48.5 Å². The van der Waals surface area contributed by atoms with Crippen molar-refractivity contribution in [1.29, 1.82) is 0 Å². The Hall–Kier alpha value is -3.39. The average Bonchev–Trinajstić information content (AvgIpc) is 3.02. The normalized spacial score (nSPS) is 17.5. The topological polar surface area (TPSA) is 97.0 Å². The van der Waals surface area contributed by atoms with Crippen molar-refractivity contribution < 1.29 is 23.9 Å². The Morgan fingerprint density at radius 2 is 1.84 bits per heavy atom. The van der Waals surface area contributed by atoms with Gasteiger partial charge in [0.05, 0.1) is 13.7 Å². The van der Waals surface area contributed by atoms with Crippen molar-refractivity contribution in [3.05, 3.63) is 65.2 Å². The van der Waals surface area contributed by atoms with Crippen molar-refractivity contribution >= 4 is 17.8 Å². The van der Waals surface area contributed by atoms with Crippen molar-refractivity contribution in [2.24, 2.45) is 0 Å². The van der Waals surface area contributed by atoms with Gasteiger partial charge in [-0.1, -0.05) is 30.3 Å². The number of rotatable bonds is 6. The van der Waals surface area contributed by atoms with Gasteiger partial charge in [0.25, 0.3) is 11.8 Å². The third-order valence-corrected chi connectivity index (χ3v) is 5.78. The van der Waals surface area contributed by atoms with Crippen LogP contribution in [0.3, 0.4) is 0 Å². The number of nitrogens with one attached hydrogen (secondary N) is 2. The first-order chi connectivity index (χ1) is 15.0. The molecule has 1 spiro atoms. The van der Waals surface area contributed by atoms with Gasteiger partial charge in [0.15, 0.2) is 0 Å². The molecule has 0 aliphatic carbocycles. The zero-order chi connectivity index (χ0) is 21.8. The zero-order valence-corrected chi connectivity index (χ0v) is 17.3. The van der Waals surface area contributed by atoms with Crippen molar-refractivity contribution in [3.63, 3.8) is 0 Å². The number of carbonyl (C=O) groups excluding carboxylic acids is 3. The molecule has 0 aromatic heterocycles. The predicted octanol–water partition coefficient (Wildman–Crippen LogP) is 2.23. The first-order valence-corrected chi connectivity index (χ1v) is 10.2. The van der Waals surface area contributed by atoms with Gasteiger partial charge in [-0.3, -0.25) is 14.5 Å². The van der Waals surface area contributed by atoms with Crippen molar-refractivity contribution in [3.8, 4) is 5.75 Å². The van der Waals surface area contributed by atoms with E-state index < -0.39 is 5.54 Å². The molecular formula is C23H25N3O5. The molecule has 2 fully saturated rings. The Balaban J connectivity index is 1.37. The van der Waals surface area contributed by atoms with Gasteiger partial charge < -0.3 is 20.1 Å². The summed E-state index contributed by atoms with van der Waals surface area (Å²) in [5.41, 5.74) is 1.31. The molecule has 0 bridgehead atoms. The van der Waals surface area contributed by atoms with Crippen LogP contribution in [-0.2, 0) is 22.6 Å². The number of methoxy groups -OCH3 is 1. The maximum Gasteiger partial charge on any atom is 0.325 e. The van der Waals surface area contributed by atoms with Crippen LogP contribution in [0.4, 0.5) is 4.79 Å². The van der Waals surface area contributed by atoms with E-state index in [0.29, 0.717) is 43.9 Å². The van der Waals surface area contributed by atoms with Crippen LogP contribution in [0.1, 0.15) is 34.3 Å². The molecule has 31 heavy (non-hydrogen) atoms. The number of para-hydroxylation sites is 1. The number of carbonyl (C=O) groups is 3. The molecule has 2 aliphatic heterocycles. The number of benzene rings is 2. The largest absolute Gasteiger partial charge is 0.496 e. The number of hydrogen-bond acceptors (Lipinski definition) is 5. The summed E-state index contributed by atoms with van der Waals surface area (Å²) in [5, 5.41) is 5.72. The van der Waals surface area contributed by atoms with Crippen LogP contribution in [0.25, 0.3) is 0 Å². The summed E-state index contributed by atoms with van der Waals surface area (Å²) in [6.45, 7) is 1.42. The lowest BCUT2D eigenvalue weighted by Gasteiger charge is -2.30. The van der Waals surface area contributed by atoms with Gasteiger partial charge in [0.1, 0.15) is 11.3 Å². The molecule has 162 valence electrons. The monoisotopic (exact) mass is 423 g/mol. The maximum atomic E-state index is 12.9. The van der Waals surface area contributed by atoms with E-state index >= 15 is 0 Å². The minimum Gasteiger partial charge on any atom is -0.496 e. The molecular weight excluding hydrogens is 398 g/mol. The highest BCUT2D eigenvalue weighted by Crippen LogP contribution is 2.29. The fourth-order valence-corrected chi connectivity index (χ4v) is 3.95. The van der Waals surface area contributed by atoms with Crippen LogP contribution >= 0.6 is 0 Å². The molecule has 4 rings (SSSR count). The lowest BCUT2D eigenvalue weighted by atomic mass is 9.90. The van der Waals surface area contributed by atoms with E-state index in [9.17, 15) is 14.4 Å². The Bertz CT molecular complexity index is 983. The van der Waals surface area contributed by atoms with Gasteiger partial charge in [-0.25, -0.2) is 4.79 Å².